The largest absolute Gasteiger partial charge is 0.496 e. The van der Waals surface area contributed by atoms with Crippen LogP contribution in [0.15, 0.2) is 47.1 Å². The second-order valence-corrected chi connectivity index (χ2v) is 9.27. The standard InChI is InChI=1S/C26H28BrClN2O3/c1-6-30-26(21(27)14-29-30)23(31)9-7-18-8-10-24(32-5)19(12-18)15-33-25-11-17(4)22(28)13-20(25)16(2)3/h7-14,16H,6,15H2,1-5H3/b9-7+. The monoisotopic (exact) mass is 530 g/mol. The van der Waals surface area contributed by atoms with E-state index in [9.17, 15) is 4.79 Å². The van der Waals surface area contributed by atoms with Crippen molar-refractivity contribution in [2.45, 2.75) is 46.8 Å². The van der Waals surface area contributed by atoms with E-state index in [2.05, 4.69) is 34.9 Å². The SMILES string of the molecule is CCn1ncc(Br)c1C(=O)/C=C/c1ccc(OC)c(COc2cc(C)c(Cl)cc2C(C)C)c1. The summed E-state index contributed by atoms with van der Waals surface area (Å²) in [4.78, 5) is 12.7. The van der Waals surface area contributed by atoms with Crippen LogP contribution in [0.1, 0.15) is 59.4 Å². The summed E-state index contributed by atoms with van der Waals surface area (Å²) in [6.07, 6.45) is 4.98. The van der Waals surface area contributed by atoms with Gasteiger partial charge in [0.15, 0.2) is 0 Å². The molecule has 0 N–H and O–H groups in total. The summed E-state index contributed by atoms with van der Waals surface area (Å²) in [5.41, 5.74) is 4.32. The first-order valence-corrected chi connectivity index (χ1v) is 12.0. The van der Waals surface area contributed by atoms with Crippen molar-refractivity contribution in [1.29, 1.82) is 0 Å². The number of hydrogen-bond acceptors (Lipinski definition) is 4. The molecule has 33 heavy (non-hydrogen) atoms. The lowest BCUT2D eigenvalue weighted by Crippen LogP contribution is -2.07. The molecule has 2 aromatic carbocycles. The molecule has 0 unspecified atom stereocenters. The number of halogens is 2. The molecular formula is C26H28BrClN2O3. The molecule has 5 nitrogen and oxygen atoms in total. The molecule has 0 saturated carbocycles. The molecule has 174 valence electrons. The highest BCUT2D eigenvalue weighted by Gasteiger charge is 2.15. The van der Waals surface area contributed by atoms with Gasteiger partial charge in [0, 0.05) is 17.1 Å². The summed E-state index contributed by atoms with van der Waals surface area (Å²) in [5.74, 6) is 1.69. The molecule has 3 aromatic rings. The maximum atomic E-state index is 12.7. The number of hydrogen-bond donors (Lipinski definition) is 0. The van der Waals surface area contributed by atoms with Crippen molar-refractivity contribution >= 4 is 39.4 Å². The first kappa shape index (κ1) is 25.1. The number of aromatic nitrogens is 2. The lowest BCUT2D eigenvalue weighted by atomic mass is 10.0. The van der Waals surface area contributed by atoms with Crippen LogP contribution in [-0.2, 0) is 13.2 Å². The first-order chi connectivity index (χ1) is 15.7. The van der Waals surface area contributed by atoms with E-state index in [-0.39, 0.29) is 11.7 Å². The van der Waals surface area contributed by atoms with E-state index in [1.165, 1.54) is 0 Å². The minimum atomic E-state index is -0.118. The zero-order valence-corrected chi connectivity index (χ0v) is 21.8. The Bertz CT molecular complexity index is 1180. The van der Waals surface area contributed by atoms with Crippen molar-refractivity contribution < 1.29 is 14.3 Å². The van der Waals surface area contributed by atoms with Gasteiger partial charge in [0.1, 0.15) is 23.8 Å². The van der Waals surface area contributed by atoms with Crippen LogP contribution in [0.25, 0.3) is 6.08 Å². The van der Waals surface area contributed by atoms with Crippen molar-refractivity contribution in [2.75, 3.05) is 7.11 Å². The molecule has 1 aromatic heterocycles. The Labute approximate surface area is 208 Å². The zero-order valence-electron chi connectivity index (χ0n) is 19.5. The van der Waals surface area contributed by atoms with Gasteiger partial charge in [0.05, 0.1) is 17.8 Å². The summed E-state index contributed by atoms with van der Waals surface area (Å²) in [7, 11) is 1.63. The van der Waals surface area contributed by atoms with Crippen LogP contribution in [0.2, 0.25) is 5.02 Å². The van der Waals surface area contributed by atoms with E-state index in [4.69, 9.17) is 21.1 Å². The number of carbonyl (C=O) groups is 1. The van der Waals surface area contributed by atoms with E-state index >= 15 is 0 Å². The molecule has 0 amide bonds. The van der Waals surface area contributed by atoms with Crippen molar-refractivity contribution in [3.8, 4) is 11.5 Å². The average Bonchev–Trinajstić information content (AvgIpc) is 3.18. The van der Waals surface area contributed by atoms with Crippen LogP contribution in [-0.4, -0.2) is 22.7 Å². The molecular weight excluding hydrogens is 504 g/mol. The van der Waals surface area contributed by atoms with Crippen molar-refractivity contribution in [2.24, 2.45) is 0 Å². The number of allylic oxidation sites excluding steroid dienone is 1. The second-order valence-electron chi connectivity index (χ2n) is 8.01. The van der Waals surface area contributed by atoms with Gasteiger partial charge in [-0.1, -0.05) is 37.6 Å². The highest BCUT2D eigenvalue weighted by molar-refractivity contribution is 9.10. The number of rotatable bonds is 9. The van der Waals surface area contributed by atoms with Crippen molar-refractivity contribution in [1.82, 2.24) is 9.78 Å². The lowest BCUT2D eigenvalue weighted by Gasteiger charge is -2.17. The predicted octanol–water partition coefficient (Wildman–Crippen LogP) is 7.23. The third kappa shape index (κ3) is 5.87. The van der Waals surface area contributed by atoms with Crippen LogP contribution in [0.3, 0.4) is 0 Å². The number of ether oxygens (including phenoxy) is 2. The number of carbonyl (C=O) groups excluding carboxylic acids is 1. The maximum absolute atomic E-state index is 12.7. The smallest absolute Gasteiger partial charge is 0.205 e. The van der Waals surface area contributed by atoms with Gasteiger partial charge in [0.25, 0.3) is 0 Å². The summed E-state index contributed by atoms with van der Waals surface area (Å²) in [5, 5.41) is 4.94. The minimum absolute atomic E-state index is 0.118. The third-order valence-corrected chi connectivity index (χ3v) is 6.34. The minimum Gasteiger partial charge on any atom is -0.496 e. The third-order valence-electron chi connectivity index (χ3n) is 5.36. The van der Waals surface area contributed by atoms with E-state index in [1.54, 1.807) is 30.1 Å². The van der Waals surface area contributed by atoms with Gasteiger partial charge in [-0.25, -0.2) is 0 Å². The number of benzene rings is 2. The lowest BCUT2D eigenvalue weighted by molar-refractivity contribution is 0.103. The number of aryl methyl sites for hydroxylation is 2. The molecule has 0 fully saturated rings. The summed E-state index contributed by atoms with van der Waals surface area (Å²) < 4.78 is 14.1. The van der Waals surface area contributed by atoms with Gasteiger partial charge < -0.3 is 9.47 Å². The van der Waals surface area contributed by atoms with Crippen LogP contribution >= 0.6 is 27.5 Å². The van der Waals surface area contributed by atoms with Gasteiger partial charge in [-0.3, -0.25) is 9.48 Å². The van der Waals surface area contributed by atoms with E-state index < -0.39 is 0 Å². The maximum Gasteiger partial charge on any atom is 0.205 e. The Morgan fingerprint density at radius 1 is 1.24 bits per heavy atom. The predicted molar refractivity (Wildman–Crippen MR) is 137 cm³/mol. The molecule has 0 radical (unpaired) electrons. The molecule has 1 heterocycles. The number of methoxy groups -OCH3 is 1. The van der Waals surface area contributed by atoms with Crippen LogP contribution in [0.5, 0.6) is 11.5 Å². The molecule has 0 aliphatic heterocycles. The molecule has 0 aliphatic carbocycles. The normalized spacial score (nSPS) is 11.4. The molecule has 0 spiro atoms. The fourth-order valence-electron chi connectivity index (χ4n) is 3.52. The van der Waals surface area contributed by atoms with E-state index in [1.807, 2.05) is 44.2 Å². The van der Waals surface area contributed by atoms with Gasteiger partial charge in [-0.2, -0.15) is 5.10 Å². The van der Waals surface area contributed by atoms with E-state index in [0.29, 0.717) is 23.3 Å². The Hall–Kier alpha value is -2.57. The number of nitrogens with zero attached hydrogens (tertiary/aromatic N) is 2. The van der Waals surface area contributed by atoms with Gasteiger partial charge >= 0.3 is 0 Å². The van der Waals surface area contributed by atoms with Gasteiger partial charge in [0.2, 0.25) is 5.78 Å². The van der Waals surface area contributed by atoms with Crippen molar-refractivity contribution in [3.63, 3.8) is 0 Å². The molecule has 0 saturated heterocycles. The number of ketones is 1. The van der Waals surface area contributed by atoms with Crippen LogP contribution in [0, 0.1) is 6.92 Å². The Morgan fingerprint density at radius 2 is 2.00 bits per heavy atom. The van der Waals surface area contributed by atoms with Crippen molar-refractivity contribution in [3.05, 3.63) is 80.0 Å². The fraction of sp³-hybridized carbons (Fsp3) is 0.308. The Balaban J connectivity index is 1.83. The average molecular weight is 532 g/mol. The van der Waals surface area contributed by atoms with E-state index in [0.717, 1.165) is 38.8 Å². The highest BCUT2D eigenvalue weighted by Crippen LogP contribution is 2.33. The van der Waals surface area contributed by atoms with Crippen LogP contribution < -0.4 is 9.47 Å². The topological polar surface area (TPSA) is 53.4 Å². The zero-order chi connectivity index (χ0) is 24.1. The fourth-order valence-corrected chi connectivity index (χ4v) is 4.18. The quantitative estimate of drug-likeness (QED) is 0.216. The molecule has 7 heteroatoms. The molecule has 3 rings (SSSR count). The summed E-state index contributed by atoms with van der Waals surface area (Å²) in [6, 6.07) is 9.70. The summed E-state index contributed by atoms with van der Waals surface area (Å²) >= 11 is 9.73. The first-order valence-electron chi connectivity index (χ1n) is 10.8. The Morgan fingerprint density at radius 3 is 2.67 bits per heavy atom. The highest BCUT2D eigenvalue weighted by atomic mass is 79.9. The second kappa shape index (κ2) is 11.0. The Kier molecular flexibility index (Phi) is 8.38. The van der Waals surface area contributed by atoms with Gasteiger partial charge in [-0.15, -0.1) is 0 Å². The molecule has 0 atom stereocenters. The van der Waals surface area contributed by atoms with Gasteiger partial charge in [-0.05, 0) is 82.7 Å². The summed E-state index contributed by atoms with van der Waals surface area (Å²) in [6.45, 7) is 9.08. The molecule has 0 bridgehead atoms. The molecule has 0 aliphatic rings. The van der Waals surface area contributed by atoms with Crippen LogP contribution in [0.4, 0.5) is 0 Å².